The number of nitrogens with two attached hydrogens (primary N) is 1. The highest BCUT2D eigenvalue weighted by molar-refractivity contribution is 7.11. The minimum atomic E-state index is 0.175. The van der Waals surface area contributed by atoms with E-state index in [1.807, 2.05) is 0 Å². The summed E-state index contributed by atoms with van der Waals surface area (Å²) in [4.78, 5) is 5.96. The Kier molecular flexibility index (Phi) is 3.83. The molecule has 0 amide bonds. The Morgan fingerprint density at radius 2 is 2.05 bits per heavy atom. The molecule has 2 aromatic heterocycles. The number of hydrogen-bond donors (Lipinski definition) is 1. The molecule has 110 valence electrons. The number of aryl methyl sites for hydroxylation is 2. The second kappa shape index (κ2) is 5.62. The molecule has 3 rings (SSSR count). The number of aromatic nitrogens is 2. The maximum atomic E-state index is 5.98. The molecule has 0 aliphatic rings. The van der Waals surface area contributed by atoms with E-state index in [1.165, 1.54) is 21.3 Å². The van der Waals surface area contributed by atoms with E-state index in [0.29, 0.717) is 0 Å². The third kappa shape index (κ3) is 2.87. The maximum absolute atomic E-state index is 5.98. The van der Waals surface area contributed by atoms with E-state index in [2.05, 4.69) is 60.8 Å². The summed E-state index contributed by atoms with van der Waals surface area (Å²) in [6.45, 7) is 7.09. The standard InChI is InChI=1S/C17H21N3S/c1-11(18)8-14-9-20(16-7-5-4-6-15(14)16)10-17-19-12(2)13(3)21-17/h4-7,9,11H,8,10,18H2,1-3H3. The fourth-order valence-corrected chi connectivity index (χ4v) is 3.65. The molecule has 0 spiro atoms. The van der Waals surface area contributed by atoms with Gasteiger partial charge in [-0.15, -0.1) is 11.3 Å². The average molecular weight is 299 g/mol. The molecule has 0 saturated carbocycles. The van der Waals surface area contributed by atoms with Crippen LogP contribution < -0.4 is 5.73 Å². The number of hydrogen-bond acceptors (Lipinski definition) is 3. The molecule has 0 aliphatic carbocycles. The van der Waals surface area contributed by atoms with Crippen LogP contribution in [0.5, 0.6) is 0 Å². The molecule has 3 nitrogen and oxygen atoms in total. The normalized spacial score (nSPS) is 13.0. The van der Waals surface area contributed by atoms with Crippen LogP contribution in [-0.2, 0) is 13.0 Å². The van der Waals surface area contributed by atoms with Crippen LogP contribution in [0.15, 0.2) is 30.5 Å². The van der Waals surface area contributed by atoms with Crippen LogP contribution >= 0.6 is 11.3 Å². The van der Waals surface area contributed by atoms with Gasteiger partial charge in [0, 0.05) is 28.0 Å². The first-order valence-electron chi connectivity index (χ1n) is 7.30. The van der Waals surface area contributed by atoms with Crippen molar-refractivity contribution in [2.45, 2.75) is 39.8 Å². The summed E-state index contributed by atoms with van der Waals surface area (Å²) in [5.74, 6) is 0. The first-order chi connectivity index (χ1) is 10.0. The second-order valence-electron chi connectivity index (χ2n) is 5.73. The number of rotatable bonds is 4. The minimum absolute atomic E-state index is 0.175. The molecule has 1 unspecified atom stereocenters. The number of para-hydroxylation sites is 1. The first kappa shape index (κ1) is 14.3. The second-order valence-corrected chi connectivity index (χ2v) is 7.02. The third-order valence-corrected chi connectivity index (χ3v) is 4.85. The Hall–Kier alpha value is -1.65. The van der Waals surface area contributed by atoms with E-state index >= 15 is 0 Å². The summed E-state index contributed by atoms with van der Waals surface area (Å²) in [6, 6.07) is 8.71. The average Bonchev–Trinajstić information content (AvgIpc) is 2.92. The van der Waals surface area contributed by atoms with Gasteiger partial charge in [-0.3, -0.25) is 0 Å². The highest BCUT2D eigenvalue weighted by atomic mass is 32.1. The molecule has 1 atom stereocenters. The third-order valence-electron chi connectivity index (χ3n) is 3.79. The molecular formula is C17H21N3S. The molecule has 4 heteroatoms. The van der Waals surface area contributed by atoms with Crippen LogP contribution in [0.2, 0.25) is 0 Å². The fourth-order valence-electron chi connectivity index (χ4n) is 2.72. The Morgan fingerprint density at radius 3 is 2.71 bits per heavy atom. The lowest BCUT2D eigenvalue weighted by atomic mass is 10.1. The molecule has 1 aromatic carbocycles. The van der Waals surface area contributed by atoms with E-state index in [0.717, 1.165) is 23.7 Å². The van der Waals surface area contributed by atoms with Gasteiger partial charge in [-0.05, 0) is 38.8 Å². The Morgan fingerprint density at radius 1 is 1.29 bits per heavy atom. The lowest BCUT2D eigenvalue weighted by Crippen LogP contribution is -2.17. The summed E-state index contributed by atoms with van der Waals surface area (Å²) in [5, 5.41) is 2.47. The number of benzene rings is 1. The van der Waals surface area contributed by atoms with Gasteiger partial charge in [0.05, 0.1) is 12.2 Å². The number of fused-ring (bicyclic) bond motifs is 1. The molecule has 0 radical (unpaired) electrons. The van der Waals surface area contributed by atoms with E-state index in [9.17, 15) is 0 Å². The van der Waals surface area contributed by atoms with Gasteiger partial charge in [-0.2, -0.15) is 0 Å². The predicted molar refractivity (Wildman–Crippen MR) is 90.0 cm³/mol. The molecule has 0 saturated heterocycles. The van der Waals surface area contributed by atoms with Gasteiger partial charge in [0.1, 0.15) is 5.01 Å². The molecular weight excluding hydrogens is 278 g/mol. The van der Waals surface area contributed by atoms with Crippen LogP contribution in [0.25, 0.3) is 10.9 Å². The first-order valence-corrected chi connectivity index (χ1v) is 8.11. The van der Waals surface area contributed by atoms with Crippen molar-refractivity contribution in [1.29, 1.82) is 0 Å². The fraction of sp³-hybridized carbons (Fsp3) is 0.353. The Labute approximate surface area is 129 Å². The summed E-state index contributed by atoms with van der Waals surface area (Å²) in [7, 11) is 0. The smallest absolute Gasteiger partial charge is 0.113 e. The summed E-state index contributed by atoms with van der Waals surface area (Å²) in [5.41, 5.74) is 9.71. The van der Waals surface area contributed by atoms with E-state index in [-0.39, 0.29) is 6.04 Å². The van der Waals surface area contributed by atoms with Gasteiger partial charge in [0.15, 0.2) is 0 Å². The Bertz CT molecular complexity index is 748. The van der Waals surface area contributed by atoms with Crippen molar-refractivity contribution in [1.82, 2.24) is 9.55 Å². The molecule has 0 fully saturated rings. The van der Waals surface area contributed by atoms with Gasteiger partial charge in [0.2, 0.25) is 0 Å². The van der Waals surface area contributed by atoms with E-state index in [4.69, 9.17) is 5.73 Å². The van der Waals surface area contributed by atoms with E-state index in [1.54, 1.807) is 11.3 Å². The van der Waals surface area contributed by atoms with E-state index < -0.39 is 0 Å². The zero-order chi connectivity index (χ0) is 15.0. The van der Waals surface area contributed by atoms with Crippen LogP contribution in [-0.4, -0.2) is 15.6 Å². The van der Waals surface area contributed by atoms with Gasteiger partial charge < -0.3 is 10.3 Å². The Balaban J connectivity index is 2.01. The zero-order valence-electron chi connectivity index (χ0n) is 12.8. The summed E-state index contributed by atoms with van der Waals surface area (Å²) in [6.07, 6.45) is 3.14. The maximum Gasteiger partial charge on any atom is 0.113 e. The van der Waals surface area contributed by atoms with Crippen LogP contribution in [0.4, 0.5) is 0 Å². The summed E-state index contributed by atoms with van der Waals surface area (Å²) < 4.78 is 2.30. The molecule has 2 heterocycles. The minimum Gasteiger partial charge on any atom is -0.340 e. The van der Waals surface area contributed by atoms with Crippen molar-refractivity contribution >= 4 is 22.2 Å². The largest absolute Gasteiger partial charge is 0.340 e. The SMILES string of the molecule is Cc1nc(Cn2cc(CC(C)N)c3ccccc32)sc1C. The van der Waals surface area contributed by atoms with Crippen molar-refractivity contribution in [3.05, 3.63) is 51.6 Å². The van der Waals surface area contributed by atoms with Gasteiger partial charge in [-0.25, -0.2) is 4.98 Å². The highest BCUT2D eigenvalue weighted by Crippen LogP contribution is 2.25. The van der Waals surface area contributed by atoms with Crippen LogP contribution in [0.1, 0.15) is 28.1 Å². The predicted octanol–water partition coefficient (Wildman–Crippen LogP) is 3.65. The van der Waals surface area contributed by atoms with Crippen LogP contribution in [0.3, 0.4) is 0 Å². The lowest BCUT2D eigenvalue weighted by Gasteiger charge is -2.02. The monoisotopic (exact) mass is 299 g/mol. The molecule has 0 aliphatic heterocycles. The van der Waals surface area contributed by atoms with Crippen molar-refractivity contribution in [3.8, 4) is 0 Å². The highest BCUT2D eigenvalue weighted by Gasteiger charge is 2.11. The van der Waals surface area contributed by atoms with Gasteiger partial charge >= 0.3 is 0 Å². The lowest BCUT2D eigenvalue weighted by molar-refractivity contribution is 0.734. The number of nitrogens with zero attached hydrogens (tertiary/aromatic N) is 2. The molecule has 2 N–H and O–H groups in total. The summed E-state index contributed by atoms with van der Waals surface area (Å²) >= 11 is 1.78. The zero-order valence-corrected chi connectivity index (χ0v) is 13.6. The van der Waals surface area contributed by atoms with Crippen molar-refractivity contribution in [2.75, 3.05) is 0 Å². The van der Waals surface area contributed by atoms with Crippen molar-refractivity contribution < 1.29 is 0 Å². The van der Waals surface area contributed by atoms with Gasteiger partial charge in [0.25, 0.3) is 0 Å². The van der Waals surface area contributed by atoms with Crippen molar-refractivity contribution in [2.24, 2.45) is 5.73 Å². The number of thiazole rings is 1. The molecule has 21 heavy (non-hydrogen) atoms. The molecule has 0 bridgehead atoms. The van der Waals surface area contributed by atoms with Gasteiger partial charge in [-0.1, -0.05) is 18.2 Å². The quantitative estimate of drug-likeness (QED) is 0.799. The topological polar surface area (TPSA) is 43.8 Å². The van der Waals surface area contributed by atoms with Crippen molar-refractivity contribution in [3.63, 3.8) is 0 Å². The molecule has 3 aromatic rings. The van der Waals surface area contributed by atoms with Crippen LogP contribution in [0, 0.1) is 13.8 Å².